The fourth-order valence-electron chi connectivity index (χ4n) is 1.94. The van der Waals surface area contributed by atoms with Crippen LogP contribution in [-0.4, -0.2) is 29.8 Å². The van der Waals surface area contributed by atoms with Gasteiger partial charge < -0.3 is 9.47 Å². The third-order valence-corrected chi connectivity index (χ3v) is 3.36. The Balaban J connectivity index is 2.29. The van der Waals surface area contributed by atoms with Crippen molar-refractivity contribution in [1.82, 2.24) is 9.78 Å². The molecule has 21 heavy (non-hydrogen) atoms. The molecular weight excluding hydrogens is 268 g/mol. The van der Waals surface area contributed by atoms with Gasteiger partial charge in [-0.3, -0.25) is 9.48 Å². The molecule has 5 heteroatoms. The molecule has 0 aliphatic carbocycles. The van der Waals surface area contributed by atoms with Gasteiger partial charge in [0, 0.05) is 18.3 Å². The van der Waals surface area contributed by atoms with E-state index in [1.807, 2.05) is 14.0 Å². The van der Waals surface area contributed by atoms with Crippen LogP contribution >= 0.6 is 0 Å². The van der Waals surface area contributed by atoms with E-state index in [-0.39, 0.29) is 5.78 Å². The van der Waals surface area contributed by atoms with Gasteiger partial charge in [0.05, 0.1) is 26.0 Å². The minimum Gasteiger partial charge on any atom is -0.497 e. The van der Waals surface area contributed by atoms with Crippen molar-refractivity contribution in [3.05, 3.63) is 47.3 Å². The Kier molecular flexibility index (Phi) is 4.42. The molecular formula is C16H18N2O3. The van der Waals surface area contributed by atoms with E-state index in [0.29, 0.717) is 17.1 Å². The van der Waals surface area contributed by atoms with Gasteiger partial charge >= 0.3 is 0 Å². The monoisotopic (exact) mass is 286 g/mol. The Bertz CT molecular complexity index is 687. The van der Waals surface area contributed by atoms with E-state index in [1.54, 1.807) is 42.3 Å². The molecule has 2 rings (SSSR count). The molecule has 0 unspecified atom stereocenters. The van der Waals surface area contributed by atoms with Gasteiger partial charge in [-0.25, -0.2) is 0 Å². The molecule has 0 saturated heterocycles. The number of hydrogen-bond donors (Lipinski definition) is 0. The Morgan fingerprint density at radius 2 is 2.05 bits per heavy atom. The van der Waals surface area contributed by atoms with Gasteiger partial charge in [-0.2, -0.15) is 5.10 Å². The van der Waals surface area contributed by atoms with E-state index < -0.39 is 0 Å². The third kappa shape index (κ3) is 3.13. The van der Waals surface area contributed by atoms with Crippen LogP contribution in [0.25, 0.3) is 6.08 Å². The molecule has 0 aliphatic heterocycles. The number of hydrogen-bond acceptors (Lipinski definition) is 4. The van der Waals surface area contributed by atoms with Crippen molar-refractivity contribution in [2.45, 2.75) is 6.92 Å². The molecule has 0 amide bonds. The summed E-state index contributed by atoms with van der Waals surface area (Å²) in [5.41, 5.74) is 2.37. The van der Waals surface area contributed by atoms with Crippen LogP contribution in [0, 0.1) is 6.92 Å². The van der Waals surface area contributed by atoms with Gasteiger partial charge in [-0.15, -0.1) is 0 Å². The Hall–Kier alpha value is -2.56. The lowest BCUT2D eigenvalue weighted by atomic mass is 10.1. The van der Waals surface area contributed by atoms with Crippen LogP contribution in [-0.2, 0) is 7.05 Å². The first-order chi connectivity index (χ1) is 10.1. The summed E-state index contributed by atoms with van der Waals surface area (Å²) in [7, 11) is 4.96. The molecule has 1 aromatic heterocycles. The van der Waals surface area contributed by atoms with Crippen LogP contribution in [0.2, 0.25) is 0 Å². The molecule has 110 valence electrons. The summed E-state index contributed by atoms with van der Waals surface area (Å²) in [6.07, 6.45) is 4.99. The molecule has 2 aromatic rings. The molecule has 5 nitrogen and oxygen atoms in total. The van der Waals surface area contributed by atoms with Crippen molar-refractivity contribution in [3.8, 4) is 11.5 Å². The summed E-state index contributed by atoms with van der Waals surface area (Å²) < 4.78 is 12.1. The molecule has 0 radical (unpaired) electrons. The van der Waals surface area contributed by atoms with E-state index in [1.165, 1.54) is 13.2 Å². The SMILES string of the molecule is COc1ccc(OC)c(C(=O)/C=C/c2cnn(C)c2C)c1. The maximum absolute atomic E-state index is 12.3. The molecule has 1 heterocycles. The van der Waals surface area contributed by atoms with Gasteiger partial charge in [0.15, 0.2) is 5.78 Å². The van der Waals surface area contributed by atoms with Gasteiger partial charge in [0.2, 0.25) is 0 Å². The second-order valence-electron chi connectivity index (χ2n) is 4.57. The minimum absolute atomic E-state index is 0.144. The van der Waals surface area contributed by atoms with Gasteiger partial charge in [-0.1, -0.05) is 0 Å². The summed E-state index contributed by atoms with van der Waals surface area (Å²) in [5.74, 6) is 0.993. The minimum atomic E-state index is -0.144. The summed E-state index contributed by atoms with van der Waals surface area (Å²) in [4.78, 5) is 12.3. The molecule has 0 spiro atoms. The normalized spacial score (nSPS) is 10.9. The number of ether oxygens (including phenoxy) is 2. The third-order valence-electron chi connectivity index (χ3n) is 3.36. The fourth-order valence-corrected chi connectivity index (χ4v) is 1.94. The number of carbonyl (C=O) groups excluding carboxylic acids is 1. The molecule has 0 N–H and O–H groups in total. The van der Waals surface area contributed by atoms with E-state index in [9.17, 15) is 4.79 Å². The van der Waals surface area contributed by atoms with E-state index in [0.717, 1.165) is 11.3 Å². The first kappa shape index (κ1) is 14.8. The lowest BCUT2D eigenvalue weighted by molar-refractivity contribution is 0.104. The molecule has 0 bridgehead atoms. The van der Waals surface area contributed by atoms with Gasteiger partial charge in [0.25, 0.3) is 0 Å². The lowest BCUT2D eigenvalue weighted by Crippen LogP contribution is -2.00. The summed E-state index contributed by atoms with van der Waals surface area (Å²) in [5, 5.41) is 4.14. The first-order valence-corrected chi connectivity index (χ1v) is 6.50. The maximum Gasteiger partial charge on any atom is 0.189 e. The number of nitrogens with zero attached hydrogens (tertiary/aromatic N) is 2. The second-order valence-corrected chi connectivity index (χ2v) is 4.57. The quantitative estimate of drug-likeness (QED) is 0.626. The second kappa shape index (κ2) is 6.26. The average molecular weight is 286 g/mol. The summed E-state index contributed by atoms with van der Waals surface area (Å²) in [6.45, 7) is 1.95. The van der Waals surface area contributed by atoms with Crippen molar-refractivity contribution in [2.75, 3.05) is 14.2 Å². The lowest BCUT2D eigenvalue weighted by Gasteiger charge is -2.07. The van der Waals surface area contributed by atoms with Gasteiger partial charge in [0.1, 0.15) is 11.5 Å². The predicted octanol–water partition coefficient (Wildman–Crippen LogP) is 2.64. The Labute approximate surface area is 123 Å². The zero-order valence-corrected chi connectivity index (χ0v) is 12.6. The fraction of sp³-hybridized carbons (Fsp3) is 0.250. The number of aryl methyl sites for hydroxylation is 1. The highest BCUT2D eigenvalue weighted by molar-refractivity contribution is 6.08. The van der Waals surface area contributed by atoms with Crippen molar-refractivity contribution < 1.29 is 14.3 Å². The zero-order valence-electron chi connectivity index (χ0n) is 12.6. The largest absolute Gasteiger partial charge is 0.497 e. The first-order valence-electron chi connectivity index (χ1n) is 6.50. The van der Waals surface area contributed by atoms with E-state index >= 15 is 0 Å². The molecule has 0 saturated carbocycles. The molecule has 0 aliphatic rings. The Morgan fingerprint density at radius 1 is 1.29 bits per heavy atom. The van der Waals surface area contributed by atoms with Crippen molar-refractivity contribution in [3.63, 3.8) is 0 Å². The average Bonchev–Trinajstić information content (AvgIpc) is 2.83. The van der Waals surface area contributed by atoms with Crippen LogP contribution in [0.4, 0.5) is 0 Å². The van der Waals surface area contributed by atoms with E-state index in [4.69, 9.17) is 9.47 Å². The Morgan fingerprint density at radius 3 is 2.62 bits per heavy atom. The number of benzene rings is 1. The standard InChI is InChI=1S/C16H18N2O3/c1-11-12(10-17-18(11)2)5-7-15(19)14-9-13(20-3)6-8-16(14)21-4/h5-10H,1-4H3/b7-5+. The summed E-state index contributed by atoms with van der Waals surface area (Å²) in [6, 6.07) is 5.14. The van der Waals surface area contributed by atoms with Crippen molar-refractivity contribution in [1.29, 1.82) is 0 Å². The number of methoxy groups -OCH3 is 2. The van der Waals surface area contributed by atoms with Crippen molar-refractivity contribution in [2.24, 2.45) is 7.05 Å². The number of allylic oxidation sites excluding steroid dienone is 1. The van der Waals surface area contributed by atoms with Crippen molar-refractivity contribution >= 4 is 11.9 Å². The topological polar surface area (TPSA) is 53.4 Å². The number of aromatic nitrogens is 2. The van der Waals surface area contributed by atoms with Crippen LogP contribution in [0.15, 0.2) is 30.5 Å². The van der Waals surface area contributed by atoms with Crippen LogP contribution in [0.5, 0.6) is 11.5 Å². The molecule has 0 fully saturated rings. The number of ketones is 1. The van der Waals surface area contributed by atoms with Gasteiger partial charge in [-0.05, 0) is 37.3 Å². The van der Waals surface area contributed by atoms with E-state index in [2.05, 4.69) is 5.10 Å². The smallest absolute Gasteiger partial charge is 0.189 e. The number of carbonyl (C=O) groups is 1. The highest BCUT2D eigenvalue weighted by Gasteiger charge is 2.11. The predicted molar refractivity (Wildman–Crippen MR) is 80.9 cm³/mol. The zero-order chi connectivity index (χ0) is 15.4. The molecule has 0 atom stereocenters. The summed E-state index contributed by atoms with van der Waals surface area (Å²) >= 11 is 0. The van der Waals surface area contributed by atoms with Crippen LogP contribution in [0.3, 0.4) is 0 Å². The van der Waals surface area contributed by atoms with Crippen LogP contribution in [0.1, 0.15) is 21.6 Å². The molecule has 1 aromatic carbocycles. The highest BCUT2D eigenvalue weighted by atomic mass is 16.5. The highest BCUT2D eigenvalue weighted by Crippen LogP contribution is 2.25. The maximum atomic E-state index is 12.3. The van der Waals surface area contributed by atoms with Crippen LogP contribution < -0.4 is 9.47 Å². The number of rotatable bonds is 5.